The van der Waals surface area contributed by atoms with Crippen molar-refractivity contribution in [3.8, 4) is 0 Å². The Morgan fingerprint density at radius 1 is 1.42 bits per heavy atom. The molecule has 1 amide bonds. The van der Waals surface area contributed by atoms with E-state index in [1.807, 2.05) is 0 Å². The van der Waals surface area contributed by atoms with Gasteiger partial charge in [-0.1, -0.05) is 6.07 Å². The molecule has 0 saturated heterocycles. The van der Waals surface area contributed by atoms with Crippen molar-refractivity contribution in [3.05, 3.63) is 29.6 Å². The van der Waals surface area contributed by atoms with Crippen LogP contribution >= 0.6 is 0 Å². The van der Waals surface area contributed by atoms with Gasteiger partial charge in [-0.05, 0) is 38.0 Å². The van der Waals surface area contributed by atoms with Gasteiger partial charge in [0.15, 0.2) is 0 Å². The Balaban J connectivity index is 2.20. The molecule has 1 N–H and O–H groups in total. The second-order valence-corrected chi connectivity index (χ2v) is 5.43. The Bertz CT molecular complexity index is 539. The first kappa shape index (κ1) is 13.5. The van der Waals surface area contributed by atoms with Gasteiger partial charge >= 0.3 is 5.97 Å². The molecule has 0 unspecified atom stereocenters. The van der Waals surface area contributed by atoms with Crippen molar-refractivity contribution in [2.24, 2.45) is 5.41 Å². The number of carboxylic acids is 1. The predicted octanol–water partition coefficient (Wildman–Crippen LogP) is 2.22. The van der Waals surface area contributed by atoms with Gasteiger partial charge in [-0.25, -0.2) is 4.39 Å². The van der Waals surface area contributed by atoms with Crippen LogP contribution < -0.4 is 4.90 Å². The number of amides is 1. The van der Waals surface area contributed by atoms with Gasteiger partial charge < -0.3 is 10.0 Å². The van der Waals surface area contributed by atoms with Gasteiger partial charge in [0.05, 0.1) is 5.41 Å². The second-order valence-electron chi connectivity index (χ2n) is 5.43. The average Bonchev–Trinajstić information content (AvgIpc) is 2.70. The topological polar surface area (TPSA) is 57.6 Å². The summed E-state index contributed by atoms with van der Waals surface area (Å²) in [5, 5.41) is 9.04. The molecule has 5 heteroatoms. The minimum Gasteiger partial charge on any atom is -0.481 e. The molecule has 0 fully saturated rings. The van der Waals surface area contributed by atoms with Gasteiger partial charge in [0.1, 0.15) is 5.82 Å². The van der Waals surface area contributed by atoms with Crippen LogP contribution in [0.25, 0.3) is 0 Å². The minimum atomic E-state index is -1.12. The van der Waals surface area contributed by atoms with Crippen LogP contribution in [0.4, 0.5) is 10.1 Å². The number of fused-ring (bicyclic) bond motifs is 1. The fraction of sp³-hybridized carbons (Fsp3) is 0.429. The van der Waals surface area contributed by atoms with E-state index in [9.17, 15) is 14.0 Å². The van der Waals surface area contributed by atoms with E-state index in [1.54, 1.807) is 6.07 Å². The van der Waals surface area contributed by atoms with Crippen LogP contribution in [-0.2, 0) is 16.0 Å². The zero-order chi connectivity index (χ0) is 14.2. The number of carboxylic acid groups (broad SMARTS) is 1. The SMILES string of the molecule is CC(C)(CC(=O)N1CCc2ccc(F)cc21)C(=O)O. The third-order valence-electron chi connectivity index (χ3n) is 3.42. The molecule has 1 heterocycles. The molecule has 0 spiro atoms. The number of benzene rings is 1. The molecule has 0 bridgehead atoms. The second kappa shape index (κ2) is 4.64. The third-order valence-corrected chi connectivity index (χ3v) is 3.42. The summed E-state index contributed by atoms with van der Waals surface area (Å²) >= 11 is 0. The standard InChI is InChI=1S/C14H16FNO3/c1-14(2,13(18)19)8-12(17)16-6-5-9-3-4-10(15)7-11(9)16/h3-4,7H,5-6,8H2,1-2H3,(H,18,19). The van der Waals surface area contributed by atoms with E-state index >= 15 is 0 Å². The molecule has 0 radical (unpaired) electrons. The monoisotopic (exact) mass is 265 g/mol. The summed E-state index contributed by atoms with van der Waals surface area (Å²) in [6.07, 6.45) is 0.577. The first-order valence-corrected chi connectivity index (χ1v) is 6.13. The summed E-state index contributed by atoms with van der Waals surface area (Å²) in [6.45, 7) is 3.50. The number of carbonyl (C=O) groups is 2. The number of anilines is 1. The zero-order valence-electron chi connectivity index (χ0n) is 10.9. The summed E-state index contributed by atoms with van der Waals surface area (Å²) in [5.74, 6) is -1.69. The van der Waals surface area contributed by atoms with E-state index < -0.39 is 17.2 Å². The zero-order valence-corrected chi connectivity index (χ0v) is 10.9. The van der Waals surface area contributed by atoms with Crippen LogP contribution in [0.2, 0.25) is 0 Å². The molecule has 1 aromatic carbocycles. The van der Waals surface area contributed by atoms with Crippen LogP contribution in [-0.4, -0.2) is 23.5 Å². The molecule has 0 aromatic heterocycles. The van der Waals surface area contributed by atoms with E-state index in [0.29, 0.717) is 18.7 Å². The number of rotatable bonds is 3. The van der Waals surface area contributed by atoms with Gasteiger partial charge in [-0.3, -0.25) is 9.59 Å². The molecule has 1 aliphatic rings. The first-order chi connectivity index (χ1) is 8.81. The fourth-order valence-corrected chi connectivity index (χ4v) is 2.16. The van der Waals surface area contributed by atoms with E-state index in [4.69, 9.17) is 5.11 Å². The van der Waals surface area contributed by atoms with Gasteiger partial charge in [0.2, 0.25) is 5.91 Å². The Morgan fingerprint density at radius 2 is 2.11 bits per heavy atom. The minimum absolute atomic E-state index is 0.0989. The van der Waals surface area contributed by atoms with Gasteiger partial charge in [-0.2, -0.15) is 0 Å². The van der Waals surface area contributed by atoms with Crippen LogP contribution in [0.3, 0.4) is 0 Å². The van der Waals surface area contributed by atoms with Crippen LogP contribution in [0, 0.1) is 11.2 Å². The lowest BCUT2D eigenvalue weighted by atomic mass is 9.89. The molecule has 0 atom stereocenters. The first-order valence-electron chi connectivity index (χ1n) is 6.13. The van der Waals surface area contributed by atoms with Crippen LogP contribution in [0.5, 0.6) is 0 Å². The Kier molecular flexibility index (Phi) is 3.30. The van der Waals surface area contributed by atoms with Gasteiger partial charge in [0.25, 0.3) is 0 Å². The molecule has 2 rings (SSSR count). The maximum Gasteiger partial charge on any atom is 0.309 e. The molecule has 1 aromatic rings. The molecule has 0 aliphatic carbocycles. The highest BCUT2D eigenvalue weighted by molar-refractivity contribution is 5.97. The molecular weight excluding hydrogens is 249 g/mol. The highest BCUT2D eigenvalue weighted by atomic mass is 19.1. The Morgan fingerprint density at radius 3 is 2.74 bits per heavy atom. The molecular formula is C14H16FNO3. The number of halogens is 1. The van der Waals surface area contributed by atoms with Gasteiger partial charge in [0, 0.05) is 18.7 Å². The number of carbonyl (C=O) groups excluding carboxylic acids is 1. The number of hydrogen-bond donors (Lipinski definition) is 1. The highest BCUT2D eigenvalue weighted by Crippen LogP contribution is 2.31. The summed E-state index contributed by atoms with van der Waals surface area (Å²) < 4.78 is 13.2. The van der Waals surface area contributed by atoms with Crippen molar-refractivity contribution in [1.29, 1.82) is 0 Å². The van der Waals surface area contributed by atoms with E-state index in [2.05, 4.69) is 0 Å². The van der Waals surface area contributed by atoms with Crippen LogP contribution in [0.1, 0.15) is 25.8 Å². The smallest absolute Gasteiger partial charge is 0.309 e. The lowest BCUT2D eigenvalue weighted by Gasteiger charge is -2.23. The largest absolute Gasteiger partial charge is 0.481 e. The molecule has 102 valence electrons. The van der Waals surface area contributed by atoms with Crippen molar-refractivity contribution in [3.63, 3.8) is 0 Å². The molecule has 1 aliphatic heterocycles. The number of aliphatic carboxylic acids is 1. The summed E-state index contributed by atoms with van der Waals surface area (Å²) in [4.78, 5) is 24.7. The quantitative estimate of drug-likeness (QED) is 0.911. The van der Waals surface area contributed by atoms with Crippen LogP contribution in [0.15, 0.2) is 18.2 Å². The average molecular weight is 265 g/mol. The van der Waals surface area contributed by atoms with E-state index in [-0.39, 0.29) is 12.3 Å². The lowest BCUT2D eigenvalue weighted by Crippen LogP contribution is -2.36. The molecule has 0 saturated carbocycles. The highest BCUT2D eigenvalue weighted by Gasteiger charge is 2.34. The van der Waals surface area contributed by atoms with Crippen molar-refractivity contribution >= 4 is 17.6 Å². The van der Waals surface area contributed by atoms with Crippen molar-refractivity contribution in [2.75, 3.05) is 11.4 Å². The number of hydrogen-bond acceptors (Lipinski definition) is 2. The summed E-state index contributed by atoms with van der Waals surface area (Å²) in [7, 11) is 0. The lowest BCUT2D eigenvalue weighted by molar-refractivity contribution is -0.149. The molecule has 19 heavy (non-hydrogen) atoms. The fourth-order valence-electron chi connectivity index (χ4n) is 2.16. The van der Waals surface area contributed by atoms with Crippen molar-refractivity contribution in [1.82, 2.24) is 0 Å². The predicted molar refractivity (Wildman–Crippen MR) is 68.5 cm³/mol. The summed E-state index contributed by atoms with van der Waals surface area (Å²) in [6, 6.07) is 4.36. The number of nitrogens with zero attached hydrogens (tertiary/aromatic N) is 1. The maximum absolute atomic E-state index is 13.2. The summed E-state index contributed by atoms with van der Waals surface area (Å²) in [5.41, 5.74) is 0.363. The molecule has 4 nitrogen and oxygen atoms in total. The third kappa shape index (κ3) is 2.59. The van der Waals surface area contributed by atoms with E-state index in [1.165, 1.54) is 30.9 Å². The normalized spacial score (nSPS) is 14.4. The van der Waals surface area contributed by atoms with E-state index in [0.717, 1.165) is 5.56 Å². The maximum atomic E-state index is 13.2. The Labute approximate surface area is 110 Å². The van der Waals surface area contributed by atoms with Crippen molar-refractivity contribution < 1.29 is 19.1 Å². The van der Waals surface area contributed by atoms with Crippen molar-refractivity contribution in [2.45, 2.75) is 26.7 Å². The van der Waals surface area contributed by atoms with Gasteiger partial charge in [-0.15, -0.1) is 0 Å². The Hall–Kier alpha value is -1.91.